The van der Waals surface area contributed by atoms with Crippen LogP contribution in [-0.4, -0.2) is 25.4 Å². The molecule has 0 spiro atoms. The van der Waals surface area contributed by atoms with Crippen LogP contribution in [0, 0.1) is 0 Å². The summed E-state index contributed by atoms with van der Waals surface area (Å²) in [6.45, 7) is 6.90. The molecule has 0 radical (unpaired) electrons. The number of hydrogen-bond acceptors (Lipinski definition) is 3. The smallest absolute Gasteiger partial charge is 0.163 e. The van der Waals surface area contributed by atoms with Gasteiger partial charge in [-0.3, -0.25) is 4.79 Å². The Kier molecular flexibility index (Phi) is 24.7. The maximum Gasteiger partial charge on any atom is 0.163 e. The number of ketones is 1. The van der Waals surface area contributed by atoms with Crippen molar-refractivity contribution in [2.75, 3.05) is 19.6 Å². The number of unbranched alkanes of at least 4 members (excludes halogenated alkanes) is 2. The zero-order valence-electron chi connectivity index (χ0n) is 20.5. The monoisotopic (exact) mass is 486 g/mol. The van der Waals surface area contributed by atoms with Crippen molar-refractivity contribution >= 4 is 17.4 Å². The first-order chi connectivity index (χ1) is 16.2. The Bertz CT molecular complexity index is 781. The van der Waals surface area contributed by atoms with Gasteiger partial charge in [0.25, 0.3) is 0 Å². The van der Waals surface area contributed by atoms with Gasteiger partial charge in [0.05, 0.1) is 18.8 Å². The van der Waals surface area contributed by atoms with Gasteiger partial charge in [-0.1, -0.05) is 100 Å². The summed E-state index contributed by atoms with van der Waals surface area (Å²) in [7, 11) is 1.70. The first kappa shape index (κ1) is 33.6. The number of carbonyl (C=O) groups is 1. The average Bonchev–Trinajstić information content (AvgIpc) is 2.88. The van der Waals surface area contributed by atoms with E-state index in [4.69, 9.17) is 21.1 Å². The second-order valence-corrected chi connectivity index (χ2v) is 7.10. The number of Topliss-reactive ketones (excluding diaryl/α,β-unsaturated/α-hetero) is 1. The van der Waals surface area contributed by atoms with Crippen molar-refractivity contribution in [2.45, 2.75) is 54.1 Å². The largest absolute Gasteiger partial charge is 0.493 e. The fraction of sp³-hybridized carbons (Fsp3) is 0.367. The summed E-state index contributed by atoms with van der Waals surface area (Å²) in [5.41, 5.74) is 1.87. The molecule has 0 atom stereocenters. The lowest BCUT2D eigenvalue weighted by Crippen LogP contribution is -2.02. The van der Waals surface area contributed by atoms with E-state index in [0.717, 1.165) is 19.3 Å². The molecule has 188 valence electrons. The van der Waals surface area contributed by atoms with E-state index < -0.39 is 0 Å². The maximum absolute atomic E-state index is 11.3. The third-order valence-corrected chi connectivity index (χ3v) is 4.39. The summed E-state index contributed by atoms with van der Waals surface area (Å²) >= 11 is 5.58. The standard InChI is InChI=1S/C13H17ClO2.C8H10O.C6H6.C2H6.CH4/c1-11(15)12-7-3-4-8-13(12)16-10-6-2-5-9-14;1-9-7-8-5-3-2-4-6-8;1-2-4-6-5-3-1;1-2;/h3-4,7-8H,2,5-6,9-10H2,1H3;2-6H,7H2,1H3;1-6H;1-2H3;1H4. The molecule has 0 saturated heterocycles. The van der Waals surface area contributed by atoms with E-state index in [1.165, 1.54) is 5.56 Å². The Labute approximate surface area is 213 Å². The first-order valence-corrected chi connectivity index (χ1v) is 12.0. The zero-order chi connectivity index (χ0) is 24.6. The van der Waals surface area contributed by atoms with Crippen LogP contribution in [0.25, 0.3) is 0 Å². The normalized spacial score (nSPS) is 8.85. The number of para-hydroxylation sites is 1. The van der Waals surface area contributed by atoms with E-state index in [1.54, 1.807) is 20.1 Å². The van der Waals surface area contributed by atoms with E-state index in [1.807, 2.05) is 98.8 Å². The van der Waals surface area contributed by atoms with E-state index >= 15 is 0 Å². The second-order valence-electron chi connectivity index (χ2n) is 6.72. The average molecular weight is 487 g/mol. The number of alkyl halides is 1. The summed E-state index contributed by atoms with van der Waals surface area (Å²) in [6, 6.07) is 29.4. The van der Waals surface area contributed by atoms with Gasteiger partial charge in [-0.15, -0.1) is 11.6 Å². The summed E-state index contributed by atoms with van der Waals surface area (Å²) in [4.78, 5) is 11.3. The highest BCUT2D eigenvalue weighted by atomic mass is 35.5. The predicted molar refractivity (Wildman–Crippen MR) is 148 cm³/mol. The number of rotatable bonds is 9. The van der Waals surface area contributed by atoms with Gasteiger partial charge in [0.2, 0.25) is 0 Å². The highest BCUT2D eigenvalue weighted by Gasteiger charge is 2.06. The summed E-state index contributed by atoms with van der Waals surface area (Å²) < 4.78 is 10.5. The molecule has 0 aromatic heterocycles. The van der Waals surface area contributed by atoms with Crippen LogP contribution in [0.4, 0.5) is 0 Å². The summed E-state index contributed by atoms with van der Waals surface area (Å²) in [5, 5.41) is 0. The minimum atomic E-state index is 0. The van der Waals surface area contributed by atoms with Crippen LogP contribution in [0.15, 0.2) is 91.0 Å². The molecular formula is C30H43ClO3. The van der Waals surface area contributed by atoms with Gasteiger partial charge in [0.1, 0.15) is 5.75 Å². The van der Waals surface area contributed by atoms with E-state index in [9.17, 15) is 4.79 Å². The molecule has 0 heterocycles. The fourth-order valence-corrected chi connectivity index (χ4v) is 2.75. The third-order valence-electron chi connectivity index (χ3n) is 4.12. The molecule has 0 unspecified atom stereocenters. The van der Waals surface area contributed by atoms with Gasteiger partial charge in [0.15, 0.2) is 5.78 Å². The van der Waals surface area contributed by atoms with Crippen LogP contribution in [0.3, 0.4) is 0 Å². The van der Waals surface area contributed by atoms with Crippen molar-refractivity contribution in [3.05, 3.63) is 102 Å². The van der Waals surface area contributed by atoms with E-state index in [-0.39, 0.29) is 13.2 Å². The molecule has 0 saturated carbocycles. The number of halogens is 1. The highest BCUT2D eigenvalue weighted by Crippen LogP contribution is 2.18. The van der Waals surface area contributed by atoms with Gasteiger partial charge < -0.3 is 9.47 Å². The Balaban J connectivity index is 0. The molecule has 3 aromatic carbocycles. The Morgan fingerprint density at radius 1 is 0.765 bits per heavy atom. The molecule has 34 heavy (non-hydrogen) atoms. The van der Waals surface area contributed by atoms with Crippen LogP contribution >= 0.6 is 11.6 Å². The van der Waals surface area contributed by atoms with Crippen molar-refractivity contribution in [1.82, 2.24) is 0 Å². The van der Waals surface area contributed by atoms with Crippen molar-refractivity contribution in [3.8, 4) is 5.75 Å². The summed E-state index contributed by atoms with van der Waals surface area (Å²) in [5.74, 6) is 1.42. The van der Waals surface area contributed by atoms with Gasteiger partial charge in [-0.05, 0) is 43.9 Å². The van der Waals surface area contributed by atoms with Crippen molar-refractivity contribution in [2.24, 2.45) is 0 Å². The molecule has 0 N–H and O–H groups in total. The maximum atomic E-state index is 11.3. The topological polar surface area (TPSA) is 35.5 Å². The van der Waals surface area contributed by atoms with Gasteiger partial charge in [-0.25, -0.2) is 0 Å². The van der Waals surface area contributed by atoms with Crippen LogP contribution in [-0.2, 0) is 11.3 Å². The zero-order valence-corrected chi connectivity index (χ0v) is 21.3. The van der Waals surface area contributed by atoms with Gasteiger partial charge in [0, 0.05) is 13.0 Å². The number of carbonyl (C=O) groups excluding carboxylic acids is 1. The number of methoxy groups -OCH3 is 1. The SMILES string of the molecule is C.CC.CC(=O)c1ccccc1OCCCCCCl.COCc1ccccc1.c1ccccc1. The molecule has 0 aliphatic carbocycles. The Morgan fingerprint density at radius 2 is 1.26 bits per heavy atom. The molecule has 4 heteroatoms. The first-order valence-electron chi connectivity index (χ1n) is 11.5. The molecule has 0 aliphatic heterocycles. The van der Waals surface area contributed by atoms with Crippen molar-refractivity contribution < 1.29 is 14.3 Å². The van der Waals surface area contributed by atoms with Crippen molar-refractivity contribution in [1.29, 1.82) is 0 Å². The van der Waals surface area contributed by atoms with Crippen LogP contribution in [0.2, 0.25) is 0 Å². The lowest BCUT2D eigenvalue weighted by atomic mass is 10.1. The highest BCUT2D eigenvalue weighted by molar-refractivity contribution is 6.17. The van der Waals surface area contributed by atoms with Crippen LogP contribution in [0.1, 0.15) is 63.4 Å². The number of hydrogen-bond donors (Lipinski definition) is 0. The van der Waals surface area contributed by atoms with Crippen LogP contribution in [0.5, 0.6) is 5.75 Å². The minimum Gasteiger partial charge on any atom is -0.493 e. The minimum absolute atomic E-state index is 0. The molecule has 0 aliphatic rings. The summed E-state index contributed by atoms with van der Waals surface area (Å²) in [6.07, 6.45) is 3.05. The van der Waals surface area contributed by atoms with E-state index in [0.29, 0.717) is 30.4 Å². The molecule has 3 nitrogen and oxygen atoms in total. The molecule has 0 fully saturated rings. The molecule has 0 bridgehead atoms. The molecular weight excluding hydrogens is 444 g/mol. The predicted octanol–water partition coefficient (Wildman–Crippen LogP) is 8.86. The third kappa shape index (κ3) is 17.9. The lowest BCUT2D eigenvalue weighted by Gasteiger charge is -2.08. The lowest BCUT2D eigenvalue weighted by molar-refractivity contribution is 0.101. The number of benzene rings is 3. The van der Waals surface area contributed by atoms with Gasteiger partial charge >= 0.3 is 0 Å². The molecule has 0 amide bonds. The Hall–Kier alpha value is -2.62. The van der Waals surface area contributed by atoms with Crippen molar-refractivity contribution in [3.63, 3.8) is 0 Å². The molecule has 3 rings (SSSR count). The van der Waals surface area contributed by atoms with Crippen LogP contribution < -0.4 is 4.74 Å². The van der Waals surface area contributed by atoms with Gasteiger partial charge in [-0.2, -0.15) is 0 Å². The number of ether oxygens (including phenoxy) is 2. The fourth-order valence-electron chi connectivity index (χ4n) is 2.56. The van der Waals surface area contributed by atoms with E-state index in [2.05, 4.69) is 0 Å². The molecule has 3 aromatic rings. The quantitative estimate of drug-likeness (QED) is 0.172. The Morgan fingerprint density at radius 3 is 1.76 bits per heavy atom. The second kappa shape index (κ2) is 25.0.